The molecule has 2 N–H and O–H groups in total. The summed E-state index contributed by atoms with van der Waals surface area (Å²) >= 11 is 0. The molecule has 0 radical (unpaired) electrons. The molecule has 0 saturated heterocycles. The number of anilines is 1. The van der Waals surface area contributed by atoms with Gasteiger partial charge >= 0.3 is 5.97 Å². The smallest absolute Gasteiger partial charge is 0.303 e. The highest BCUT2D eigenvalue weighted by Gasteiger charge is 2.08. The van der Waals surface area contributed by atoms with E-state index in [2.05, 4.69) is 16.4 Å². The SMILES string of the molecule is Cc1ccc2ncc(C#N)c(NCCCC(=O)O)c2c1. The number of carbonyl (C=O) groups is 1. The first-order valence-electron chi connectivity index (χ1n) is 6.37. The van der Waals surface area contributed by atoms with Crippen molar-refractivity contribution in [2.24, 2.45) is 0 Å². The number of pyridine rings is 1. The van der Waals surface area contributed by atoms with Gasteiger partial charge in [0.05, 0.1) is 16.8 Å². The van der Waals surface area contributed by atoms with Crippen LogP contribution in [0.4, 0.5) is 5.69 Å². The van der Waals surface area contributed by atoms with E-state index in [9.17, 15) is 4.79 Å². The van der Waals surface area contributed by atoms with Gasteiger partial charge in [0.2, 0.25) is 0 Å². The molecule has 0 bridgehead atoms. The second kappa shape index (κ2) is 6.02. The summed E-state index contributed by atoms with van der Waals surface area (Å²) in [5.41, 5.74) is 3.10. The van der Waals surface area contributed by atoms with Crippen LogP contribution >= 0.6 is 0 Å². The number of hydrogen-bond acceptors (Lipinski definition) is 4. The van der Waals surface area contributed by atoms with Crippen molar-refractivity contribution in [3.8, 4) is 6.07 Å². The lowest BCUT2D eigenvalue weighted by atomic mass is 10.1. The number of benzene rings is 1. The molecule has 0 aliphatic heterocycles. The Morgan fingerprint density at radius 1 is 1.50 bits per heavy atom. The zero-order chi connectivity index (χ0) is 14.5. The summed E-state index contributed by atoms with van der Waals surface area (Å²) in [5.74, 6) is -0.817. The van der Waals surface area contributed by atoms with Crippen molar-refractivity contribution in [2.45, 2.75) is 19.8 Å². The van der Waals surface area contributed by atoms with E-state index in [-0.39, 0.29) is 6.42 Å². The third kappa shape index (κ3) is 3.04. The lowest BCUT2D eigenvalue weighted by molar-refractivity contribution is -0.137. The summed E-state index contributed by atoms with van der Waals surface area (Å²) in [7, 11) is 0. The maximum Gasteiger partial charge on any atom is 0.303 e. The Hall–Kier alpha value is -2.61. The first-order chi connectivity index (χ1) is 9.61. The number of aromatic nitrogens is 1. The Balaban J connectivity index is 2.31. The van der Waals surface area contributed by atoms with Gasteiger partial charge in [0, 0.05) is 24.5 Å². The summed E-state index contributed by atoms with van der Waals surface area (Å²) in [4.78, 5) is 14.8. The van der Waals surface area contributed by atoms with Crippen molar-refractivity contribution in [2.75, 3.05) is 11.9 Å². The molecule has 0 aliphatic rings. The molecular formula is C15H15N3O2. The highest BCUT2D eigenvalue weighted by Crippen LogP contribution is 2.26. The van der Waals surface area contributed by atoms with Gasteiger partial charge in [-0.1, -0.05) is 11.6 Å². The van der Waals surface area contributed by atoms with Gasteiger partial charge in [-0.25, -0.2) is 0 Å². The first-order valence-corrected chi connectivity index (χ1v) is 6.37. The molecule has 1 aromatic carbocycles. The lowest BCUT2D eigenvalue weighted by Crippen LogP contribution is -2.07. The van der Waals surface area contributed by atoms with Crippen LogP contribution in [0, 0.1) is 18.3 Å². The molecule has 0 unspecified atom stereocenters. The topological polar surface area (TPSA) is 86.0 Å². The van der Waals surface area contributed by atoms with Crippen molar-refractivity contribution in [3.05, 3.63) is 35.5 Å². The van der Waals surface area contributed by atoms with Crippen LogP contribution in [0.2, 0.25) is 0 Å². The predicted molar refractivity (Wildman–Crippen MR) is 76.6 cm³/mol. The van der Waals surface area contributed by atoms with Crippen LogP contribution < -0.4 is 5.32 Å². The number of nitriles is 1. The molecule has 2 rings (SSSR count). The van der Waals surface area contributed by atoms with Crippen LogP contribution in [0.5, 0.6) is 0 Å². The molecule has 0 spiro atoms. The van der Waals surface area contributed by atoms with Crippen molar-refractivity contribution >= 4 is 22.6 Å². The van der Waals surface area contributed by atoms with Gasteiger partial charge in [0.1, 0.15) is 6.07 Å². The molecule has 1 aromatic heterocycles. The van der Waals surface area contributed by atoms with E-state index < -0.39 is 5.97 Å². The molecule has 5 nitrogen and oxygen atoms in total. The molecule has 2 aromatic rings. The highest BCUT2D eigenvalue weighted by molar-refractivity contribution is 5.94. The van der Waals surface area contributed by atoms with Gasteiger partial charge in [-0.3, -0.25) is 9.78 Å². The molecule has 102 valence electrons. The Labute approximate surface area is 116 Å². The first kappa shape index (κ1) is 13.8. The van der Waals surface area contributed by atoms with Crippen molar-refractivity contribution < 1.29 is 9.90 Å². The fourth-order valence-electron chi connectivity index (χ4n) is 2.03. The predicted octanol–water partition coefficient (Wildman–Crippen LogP) is 2.69. The molecule has 0 atom stereocenters. The Morgan fingerprint density at radius 2 is 2.30 bits per heavy atom. The zero-order valence-electron chi connectivity index (χ0n) is 11.2. The van der Waals surface area contributed by atoms with Crippen LogP contribution in [0.3, 0.4) is 0 Å². The average Bonchev–Trinajstić information content (AvgIpc) is 2.43. The van der Waals surface area contributed by atoms with Gasteiger partial charge in [-0.2, -0.15) is 5.26 Å². The molecule has 20 heavy (non-hydrogen) atoms. The summed E-state index contributed by atoms with van der Waals surface area (Å²) < 4.78 is 0. The van der Waals surface area contributed by atoms with E-state index in [1.165, 1.54) is 6.20 Å². The third-order valence-electron chi connectivity index (χ3n) is 3.01. The zero-order valence-corrected chi connectivity index (χ0v) is 11.2. The monoisotopic (exact) mass is 269 g/mol. The van der Waals surface area contributed by atoms with Gasteiger partial charge in [0.25, 0.3) is 0 Å². The summed E-state index contributed by atoms with van der Waals surface area (Å²) in [6.07, 6.45) is 2.16. The van der Waals surface area contributed by atoms with Gasteiger partial charge in [-0.15, -0.1) is 0 Å². The molecule has 0 amide bonds. The number of carboxylic acids is 1. The summed E-state index contributed by atoms with van der Waals surface area (Å²) in [5, 5.41) is 21.8. The number of aliphatic carboxylic acids is 1. The van der Waals surface area contributed by atoms with Gasteiger partial charge < -0.3 is 10.4 Å². The molecule has 0 aliphatic carbocycles. The van der Waals surface area contributed by atoms with Crippen LogP contribution in [-0.2, 0) is 4.79 Å². The number of aryl methyl sites for hydroxylation is 1. The van der Waals surface area contributed by atoms with E-state index in [0.717, 1.165) is 22.2 Å². The number of nitrogens with zero attached hydrogens (tertiary/aromatic N) is 2. The maximum absolute atomic E-state index is 10.5. The minimum Gasteiger partial charge on any atom is -0.481 e. The molecule has 0 saturated carbocycles. The molecule has 1 heterocycles. The number of fused-ring (bicyclic) bond motifs is 1. The van der Waals surface area contributed by atoms with Crippen molar-refractivity contribution in [1.82, 2.24) is 4.98 Å². The van der Waals surface area contributed by atoms with E-state index in [1.54, 1.807) is 0 Å². The van der Waals surface area contributed by atoms with Crippen LogP contribution in [0.25, 0.3) is 10.9 Å². The fraction of sp³-hybridized carbons (Fsp3) is 0.267. The third-order valence-corrected chi connectivity index (χ3v) is 3.01. The van der Waals surface area contributed by atoms with Crippen molar-refractivity contribution in [3.63, 3.8) is 0 Å². The van der Waals surface area contributed by atoms with E-state index in [0.29, 0.717) is 18.5 Å². The molecule has 5 heteroatoms. The van der Waals surface area contributed by atoms with Crippen LogP contribution in [0.1, 0.15) is 24.0 Å². The van der Waals surface area contributed by atoms with Crippen LogP contribution in [-0.4, -0.2) is 22.6 Å². The quantitative estimate of drug-likeness (QED) is 0.815. The molecule has 0 fully saturated rings. The van der Waals surface area contributed by atoms with Gasteiger partial charge in [0.15, 0.2) is 0 Å². The van der Waals surface area contributed by atoms with E-state index >= 15 is 0 Å². The summed E-state index contributed by atoms with van der Waals surface area (Å²) in [6.45, 7) is 2.49. The molecular weight excluding hydrogens is 254 g/mol. The van der Waals surface area contributed by atoms with E-state index in [1.807, 2.05) is 25.1 Å². The second-order valence-corrected chi connectivity index (χ2v) is 4.60. The Kier molecular flexibility index (Phi) is 4.16. The normalized spacial score (nSPS) is 10.2. The van der Waals surface area contributed by atoms with Crippen molar-refractivity contribution in [1.29, 1.82) is 5.26 Å². The number of hydrogen-bond donors (Lipinski definition) is 2. The maximum atomic E-state index is 10.5. The average molecular weight is 269 g/mol. The number of nitrogens with one attached hydrogen (secondary N) is 1. The van der Waals surface area contributed by atoms with Crippen LogP contribution in [0.15, 0.2) is 24.4 Å². The minimum absolute atomic E-state index is 0.108. The Bertz CT molecular complexity index is 689. The fourth-order valence-corrected chi connectivity index (χ4v) is 2.03. The number of rotatable bonds is 5. The highest BCUT2D eigenvalue weighted by atomic mass is 16.4. The van der Waals surface area contributed by atoms with E-state index in [4.69, 9.17) is 10.4 Å². The summed E-state index contributed by atoms with van der Waals surface area (Å²) in [6, 6.07) is 7.97. The standard InChI is InChI=1S/C15H15N3O2/c1-10-4-5-13-12(7-10)15(11(8-16)9-18-13)17-6-2-3-14(19)20/h4-5,7,9H,2-3,6H2,1H3,(H,17,18)(H,19,20). The number of carboxylic acid groups (broad SMARTS) is 1. The second-order valence-electron chi connectivity index (χ2n) is 4.60. The largest absolute Gasteiger partial charge is 0.481 e. The Morgan fingerprint density at radius 3 is 3.00 bits per heavy atom. The lowest BCUT2D eigenvalue weighted by Gasteiger charge is -2.11. The van der Waals surface area contributed by atoms with Gasteiger partial charge in [-0.05, 0) is 25.5 Å². The minimum atomic E-state index is -0.817.